The predicted molar refractivity (Wildman–Crippen MR) is 231 cm³/mol. The van der Waals surface area contributed by atoms with Crippen molar-refractivity contribution >= 4 is 0 Å². The molecule has 0 bridgehead atoms. The van der Waals surface area contributed by atoms with E-state index in [0.717, 1.165) is 44.1 Å². The molecule has 24 unspecified atom stereocenters. The van der Waals surface area contributed by atoms with Crippen LogP contribution in [0.2, 0.25) is 0 Å². The van der Waals surface area contributed by atoms with E-state index in [1.807, 2.05) is 20.8 Å². The number of rotatable bonds is 12. The number of ether oxygens (including phenoxy) is 7. The van der Waals surface area contributed by atoms with Gasteiger partial charge in [0.05, 0.1) is 37.1 Å². The van der Waals surface area contributed by atoms with Crippen molar-refractivity contribution < 1.29 is 79.1 Å². The van der Waals surface area contributed by atoms with Gasteiger partial charge in [0.25, 0.3) is 0 Å². The summed E-state index contributed by atoms with van der Waals surface area (Å²) >= 11 is 0. The fourth-order valence-electron chi connectivity index (χ4n) is 14.8. The quantitative estimate of drug-likeness (QED) is 0.0776. The van der Waals surface area contributed by atoms with E-state index in [1.54, 1.807) is 6.92 Å². The molecular weight excluding hydrogens is 833 g/mol. The molecule has 7 rings (SSSR count). The average Bonchev–Trinajstić information content (AvgIpc) is 3.49. The van der Waals surface area contributed by atoms with Crippen LogP contribution in [0.3, 0.4) is 0 Å². The molecule has 0 aromatic rings. The Morgan fingerprint density at radius 3 is 2.02 bits per heavy atom. The van der Waals surface area contributed by atoms with Gasteiger partial charge in [0.2, 0.25) is 0 Å². The lowest BCUT2D eigenvalue weighted by molar-refractivity contribution is -0.366. The average molecular weight is 915 g/mol. The zero-order valence-electron chi connectivity index (χ0n) is 39.8. The molecule has 0 aromatic heterocycles. The van der Waals surface area contributed by atoms with Gasteiger partial charge < -0.3 is 79.1 Å². The molecule has 0 radical (unpaired) electrons. The van der Waals surface area contributed by atoms with E-state index in [-0.39, 0.29) is 52.8 Å². The summed E-state index contributed by atoms with van der Waals surface area (Å²) in [5.74, 6) is 0.389. The lowest BCUT2D eigenvalue weighted by Gasteiger charge is -2.70. The highest BCUT2D eigenvalue weighted by molar-refractivity contribution is 5.20. The van der Waals surface area contributed by atoms with Crippen LogP contribution >= 0.6 is 0 Å². The number of hydrogen-bond donors (Lipinski definition) is 9. The van der Waals surface area contributed by atoms with Crippen LogP contribution in [-0.4, -0.2) is 163 Å². The molecular formula is C48H82O16. The Morgan fingerprint density at radius 2 is 1.36 bits per heavy atom. The van der Waals surface area contributed by atoms with E-state index in [9.17, 15) is 46.0 Å². The third-order valence-electron chi connectivity index (χ3n) is 18.2. The Bertz CT molecular complexity index is 1630. The topological polar surface area (TPSA) is 247 Å². The second-order valence-corrected chi connectivity index (χ2v) is 22.7. The Balaban J connectivity index is 1.12. The molecule has 24 atom stereocenters. The van der Waals surface area contributed by atoms with Crippen molar-refractivity contribution in [3.63, 3.8) is 0 Å². The monoisotopic (exact) mass is 915 g/mol. The van der Waals surface area contributed by atoms with Crippen molar-refractivity contribution in [3.05, 3.63) is 11.6 Å². The molecule has 0 aromatic carbocycles. The molecule has 16 nitrogen and oxygen atoms in total. The van der Waals surface area contributed by atoms with Crippen LogP contribution < -0.4 is 0 Å². The van der Waals surface area contributed by atoms with Crippen LogP contribution in [0.5, 0.6) is 0 Å². The highest BCUT2D eigenvalue weighted by Gasteiger charge is 2.72. The molecule has 16 heteroatoms. The second-order valence-electron chi connectivity index (χ2n) is 22.7. The summed E-state index contributed by atoms with van der Waals surface area (Å²) in [5, 5.41) is 98.4. The van der Waals surface area contributed by atoms with E-state index in [0.29, 0.717) is 31.1 Å². The maximum Gasteiger partial charge on any atom is 0.187 e. The fourth-order valence-corrected chi connectivity index (χ4v) is 14.8. The van der Waals surface area contributed by atoms with Crippen LogP contribution in [0.15, 0.2) is 11.6 Å². The SMILES string of the molecule is CC(C)=CCCC(C)(OC1OC(C)C(O)C(OC2OCC(O)C(OC(C)O)C2O)C1O)C1C(O)CC2(C)C1CCC1C3(C)CCC(OC4OCC(O)C(O)C4O)C(C)(C)C3CCC12C. The first-order valence-corrected chi connectivity index (χ1v) is 24.1. The summed E-state index contributed by atoms with van der Waals surface area (Å²) in [7, 11) is 0. The van der Waals surface area contributed by atoms with Crippen LogP contribution in [0.4, 0.5) is 0 Å². The Hall–Kier alpha value is -0.900. The van der Waals surface area contributed by atoms with Gasteiger partial charge in [-0.25, -0.2) is 0 Å². The van der Waals surface area contributed by atoms with Gasteiger partial charge in [-0.05, 0) is 132 Å². The van der Waals surface area contributed by atoms with E-state index in [4.69, 9.17) is 33.2 Å². The number of aliphatic hydroxyl groups is 9. The minimum absolute atomic E-state index is 0.0411. The molecule has 64 heavy (non-hydrogen) atoms. The standard InChI is InChI=1S/C48H82O16/c1-23(2)12-11-17-48(10,64-43-38(57)40(34(53)24(3)60-43)63-42-37(56)39(61-25(4)49)29(52)22-59-42)33-26-13-14-31-45(7)18-16-32(62-41-36(55)35(54)28(51)21-58-41)44(5,6)30(45)15-19-46(31,8)47(26,9)20-27(33)50/h12,24-43,49-57H,11,13-22H2,1-10H3. The maximum atomic E-state index is 12.5. The molecule has 3 aliphatic heterocycles. The molecule has 4 saturated carbocycles. The summed E-state index contributed by atoms with van der Waals surface area (Å²) in [6, 6.07) is 0. The van der Waals surface area contributed by atoms with Gasteiger partial charge in [0.15, 0.2) is 25.2 Å². The van der Waals surface area contributed by atoms with E-state index in [1.165, 1.54) is 6.92 Å². The number of hydrogen-bond acceptors (Lipinski definition) is 16. The maximum absolute atomic E-state index is 12.5. The molecule has 0 spiro atoms. The fraction of sp³-hybridized carbons (Fsp3) is 0.958. The lowest BCUT2D eigenvalue weighted by Crippen LogP contribution is -2.65. The number of fused-ring (bicyclic) bond motifs is 5. The van der Waals surface area contributed by atoms with Gasteiger partial charge >= 0.3 is 0 Å². The zero-order valence-corrected chi connectivity index (χ0v) is 39.8. The minimum atomic E-state index is -1.56. The summed E-state index contributed by atoms with van der Waals surface area (Å²) in [5.41, 5.74) is -0.590. The first-order valence-electron chi connectivity index (χ1n) is 24.1. The number of aliphatic hydroxyl groups excluding tert-OH is 9. The first-order chi connectivity index (χ1) is 29.8. The molecule has 7 aliphatic rings. The molecule has 370 valence electrons. The van der Waals surface area contributed by atoms with Gasteiger partial charge in [-0.2, -0.15) is 0 Å². The number of allylic oxidation sites excluding steroid dienone is 2. The summed E-state index contributed by atoms with van der Waals surface area (Å²) in [4.78, 5) is 0. The third kappa shape index (κ3) is 8.83. The largest absolute Gasteiger partial charge is 0.393 e. The van der Waals surface area contributed by atoms with E-state index < -0.39 is 97.9 Å². The minimum Gasteiger partial charge on any atom is -0.393 e. The normalized spacial score (nSPS) is 51.8. The van der Waals surface area contributed by atoms with Crippen molar-refractivity contribution in [3.8, 4) is 0 Å². The van der Waals surface area contributed by atoms with Crippen LogP contribution in [0, 0.1) is 45.3 Å². The summed E-state index contributed by atoms with van der Waals surface area (Å²) in [6.07, 6.45) is -9.65. The van der Waals surface area contributed by atoms with Gasteiger partial charge in [-0.3, -0.25) is 0 Å². The van der Waals surface area contributed by atoms with E-state index in [2.05, 4.69) is 40.7 Å². The van der Waals surface area contributed by atoms with Gasteiger partial charge in [0, 0.05) is 5.92 Å². The second kappa shape index (κ2) is 18.8. The molecule has 7 fully saturated rings. The third-order valence-corrected chi connectivity index (χ3v) is 18.2. The van der Waals surface area contributed by atoms with E-state index >= 15 is 0 Å². The smallest absolute Gasteiger partial charge is 0.187 e. The highest BCUT2D eigenvalue weighted by atomic mass is 16.7. The first kappa shape index (κ1) is 51.0. The zero-order chi connectivity index (χ0) is 47.1. The van der Waals surface area contributed by atoms with Gasteiger partial charge in [-0.1, -0.05) is 46.3 Å². The molecule has 3 saturated heterocycles. The van der Waals surface area contributed by atoms with Crippen molar-refractivity contribution in [2.45, 2.75) is 231 Å². The summed E-state index contributed by atoms with van der Waals surface area (Å²) < 4.78 is 42.6. The Kier molecular flexibility index (Phi) is 15.0. The molecule has 9 N–H and O–H groups in total. The van der Waals surface area contributed by atoms with Gasteiger partial charge in [-0.15, -0.1) is 0 Å². The van der Waals surface area contributed by atoms with Crippen LogP contribution in [0.1, 0.15) is 127 Å². The van der Waals surface area contributed by atoms with Gasteiger partial charge in [0.1, 0.15) is 54.9 Å². The van der Waals surface area contributed by atoms with Crippen molar-refractivity contribution in [2.75, 3.05) is 13.2 Å². The van der Waals surface area contributed by atoms with Crippen molar-refractivity contribution in [1.29, 1.82) is 0 Å². The van der Waals surface area contributed by atoms with Crippen molar-refractivity contribution in [1.82, 2.24) is 0 Å². The molecule has 0 amide bonds. The summed E-state index contributed by atoms with van der Waals surface area (Å²) in [6.45, 7) is 20.5. The van der Waals surface area contributed by atoms with Crippen LogP contribution in [0.25, 0.3) is 0 Å². The van der Waals surface area contributed by atoms with Crippen molar-refractivity contribution in [2.24, 2.45) is 45.3 Å². The van der Waals surface area contributed by atoms with Crippen LogP contribution in [-0.2, 0) is 33.2 Å². The molecule has 3 heterocycles. The molecule has 4 aliphatic carbocycles. The Labute approximate surface area is 379 Å². The highest BCUT2D eigenvalue weighted by Crippen LogP contribution is 2.76. The predicted octanol–water partition coefficient (Wildman–Crippen LogP) is 2.64. The Morgan fingerprint density at radius 1 is 0.719 bits per heavy atom. The lowest BCUT2D eigenvalue weighted by atomic mass is 9.35.